The minimum absolute atomic E-state index is 0.0310. The highest BCUT2D eigenvalue weighted by Gasteiger charge is 2.20. The van der Waals surface area contributed by atoms with Gasteiger partial charge in [0.15, 0.2) is 9.84 Å². The highest BCUT2D eigenvalue weighted by atomic mass is 32.2. The fourth-order valence-electron chi connectivity index (χ4n) is 2.90. The highest BCUT2D eigenvalue weighted by molar-refractivity contribution is 7.92. The molecular formula is C21H27NO3S. The number of rotatable bonds is 8. The van der Waals surface area contributed by atoms with Crippen molar-refractivity contribution in [3.05, 3.63) is 71.3 Å². The second kappa shape index (κ2) is 8.99. The predicted octanol–water partition coefficient (Wildman–Crippen LogP) is 3.46. The molecule has 0 aromatic heterocycles. The number of aryl methyl sites for hydroxylation is 1. The Morgan fingerprint density at radius 1 is 1.00 bits per heavy atom. The van der Waals surface area contributed by atoms with Gasteiger partial charge in [0.1, 0.15) is 0 Å². The Bertz CT molecular complexity index is 829. The van der Waals surface area contributed by atoms with Crippen molar-refractivity contribution in [2.75, 3.05) is 12.3 Å². The fourth-order valence-corrected chi connectivity index (χ4v) is 3.75. The van der Waals surface area contributed by atoms with Crippen LogP contribution in [0.5, 0.6) is 0 Å². The summed E-state index contributed by atoms with van der Waals surface area (Å²) in [5.41, 5.74) is 3.33. The molecule has 26 heavy (non-hydrogen) atoms. The molecule has 0 bridgehead atoms. The molecular weight excluding hydrogens is 346 g/mol. The van der Waals surface area contributed by atoms with Crippen LogP contribution in [-0.4, -0.2) is 31.9 Å². The molecule has 1 unspecified atom stereocenters. The second-order valence-electron chi connectivity index (χ2n) is 6.79. The zero-order chi connectivity index (χ0) is 19.2. The van der Waals surface area contributed by atoms with Gasteiger partial charge in [-0.05, 0) is 37.5 Å². The Morgan fingerprint density at radius 2 is 1.62 bits per heavy atom. The second-order valence-corrected chi connectivity index (χ2v) is 9.47. The maximum Gasteiger partial charge on any atom is 0.220 e. The molecule has 0 spiro atoms. The molecule has 1 amide bonds. The van der Waals surface area contributed by atoms with Crippen molar-refractivity contribution in [3.8, 4) is 0 Å². The van der Waals surface area contributed by atoms with Crippen molar-refractivity contribution in [1.29, 1.82) is 0 Å². The molecule has 0 radical (unpaired) electrons. The minimum Gasteiger partial charge on any atom is -0.355 e. The van der Waals surface area contributed by atoms with E-state index in [0.717, 1.165) is 16.7 Å². The minimum atomic E-state index is -3.15. The Morgan fingerprint density at radius 3 is 2.23 bits per heavy atom. The normalized spacial score (nSPS) is 12.8. The quantitative estimate of drug-likeness (QED) is 0.771. The van der Waals surface area contributed by atoms with Crippen LogP contribution in [0.2, 0.25) is 0 Å². The molecule has 2 aromatic carbocycles. The molecule has 140 valence electrons. The van der Waals surface area contributed by atoms with Crippen LogP contribution in [0.4, 0.5) is 0 Å². The summed E-state index contributed by atoms with van der Waals surface area (Å²) >= 11 is 0. The number of benzene rings is 2. The van der Waals surface area contributed by atoms with Gasteiger partial charge in [0.05, 0.1) is 11.0 Å². The third-order valence-electron chi connectivity index (χ3n) is 4.58. The van der Waals surface area contributed by atoms with Crippen LogP contribution >= 0.6 is 0 Å². The van der Waals surface area contributed by atoms with E-state index in [1.54, 1.807) is 13.8 Å². The third kappa shape index (κ3) is 5.43. The molecule has 0 heterocycles. The topological polar surface area (TPSA) is 63.2 Å². The Kier molecular flexibility index (Phi) is 6.98. The van der Waals surface area contributed by atoms with Gasteiger partial charge in [-0.1, -0.05) is 54.6 Å². The van der Waals surface area contributed by atoms with E-state index >= 15 is 0 Å². The average Bonchev–Trinajstić information content (AvgIpc) is 2.61. The molecule has 0 aliphatic rings. The first-order chi connectivity index (χ1) is 12.3. The van der Waals surface area contributed by atoms with Crippen molar-refractivity contribution in [1.82, 2.24) is 5.32 Å². The zero-order valence-electron chi connectivity index (χ0n) is 15.6. The number of carbonyl (C=O) groups excluding carboxylic acids is 1. The third-order valence-corrected chi connectivity index (χ3v) is 6.79. The van der Waals surface area contributed by atoms with Crippen LogP contribution in [0.1, 0.15) is 42.9 Å². The van der Waals surface area contributed by atoms with E-state index in [0.29, 0.717) is 0 Å². The van der Waals surface area contributed by atoms with E-state index in [1.807, 2.05) is 61.5 Å². The van der Waals surface area contributed by atoms with Gasteiger partial charge in [-0.15, -0.1) is 0 Å². The summed E-state index contributed by atoms with van der Waals surface area (Å²) in [5, 5.41) is 2.34. The number of amides is 1. The van der Waals surface area contributed by atoms with Crippen molar-refractivity contribution in [2.24, 2.45) is 0 Å². The molecule has 0 aliphatic heterocycles. The summed E-state index contributed by atoms with van der Waals surface area (Å²) in [5.74, 6) is -0.225. The molecule has 4 nitrogen and oxygen atoms in total. The molecule has 0 aliphatic carbocycles. The van der Waals surface area contributed by atoms with Crippen molar-refractivity contribution < 1.29 is 13.2 Å². The van der Waals surface area contributed by atoms with Gasteiger partial charge < -0.3 is 5.32 Å². The fraction of sp³-hybridized carbons (Fsp3) is 0.381. The summed E-state index contributed by atoms with van der Waals surface area (Å²) in [7, 11) is -3.15. The number of sulfone groups is 1. The number of nitrogens with one attached hydrogen (secondary N) is 1. The molecule has 0 fully saturated rings. The number of carbonyl (C=O) groups is 1. The molecule has 5 heteroatoms. The van der Waals surface area contributed by atoms with Gasteiger partial charge in [-0.3, -0.25) is 4.79 Å². The van der Waals surface area contributed by atoms with E-state index in [2.05, 4.69) is 5.32 Å². The standard InChI is InChI=1S/C21H27NO3S/c1-16(2)26(24,25)14-13-22-21(23)15-20(18-10-5-4-6-11-18)19-12-8-7-9-17(19)3/h4-12,16,20H,13-15H2,1-3H3,(H,22,23). The summed E-state index contributed by atoms with van der Waals surface area (Å²) in [6.45, 7) is 5.49. The first kappa shape index (κ1) is 20.2. The van der Waals surface area contributed by atoms with E-state index in [1.165, 1.54) is 0 Å². The van der Waals surface area contributed by atoms with Gasteiger partial charge in [0.25, 0.3) is 0 Å². The van der Waals surface area contributed by atoms with E-state index in [-0.39, 0.29) is 30.5 Å². The van der Waals surface area contributed by atoms with Crippen LogP contribution in [0, 0.1) is 6.92 Å². The van der Waals surface area contributed by atoms with Crippen molar-refractivity contribution in [3.63, 3.8) is 0 Å². The summed E-state index contributed by atoms with van der Waals surface area (Å²) in [4.78, 5) is 12.5. The number of hydrogen-bond acceptors (Lipinski definition) is 3. The monoisotopic (exact) mass is 373 g/mol. The van der Waals surface area contributed by atoms with E-state index in [9.17, 15) is 13.2 Å². The highest BCUT2D eigenvalue weighted by Crippen LogP contribution is 2.30. The lowest BCUT2D eigenvalue weighted by atomic mass is 9.86. The van der Waals surface area contributed by atoms with Crippen LogP contribution < -0.4 is 5.32 Å². The van der Waals surface area contributed by atoms with E-state index in [4.69, 9.17) is 0 Å². The van der Waals surface area contributed by atoms with Crippen molar-refractivity contribution >= 4 is 15.7 Å². The first-order valence-corrected chi connectivity index (χ1v) is 10.6. The van der Waals surface area contributed by atoms with Crippen LogP contribution in [-0.2, 0) is 14.6 Å². The SMILES string of the molecule is Cc1ccccc1C(CC(=O)NCCS(=O)(=O)C(C)C)c1ccccc1. The van der Waals surface area contributed by atoms with Crippen LogP contribution in [0.25, 0.3) is 0 Å². The lowest BCUT2D eigenvalue weighted by molar-refractivity contribution is -0.121. The van der Waals surface area contributed by atoms with Gasteiger partial charge in [0.2, 0.25) is 5.91 Å². The lowest BCUT2D eigenvalue weighted by Gasteiger charge is -2.20. The smallest absolute Gasteiger partial charge is 0.220 e. The van der Waals surface area contributed by atoms with Crippen LogP contribution in [0.15, 0.2) is 54.6 Å². The van der Waals surface area contributed by atoms with Crippen molar-refractivity contribution in [2.45, 2.75) is 38.4 Å². The maximum absolute atomic E-state index is 12.5. The Hall–Kier alpha value is -2.14. The molecule has 2 rings (SSSR count). The van der Waals surface area contributed by atoms with Gasteiger partial charge in [0, 0.05) is 18.9 Å². The summed E-state index contributed by atoms with van der Waals surface area (Å²) in [6.07, 6.45) is 0.288. The predicted molar refractivity (Wildman–Crippen MR) is 106 cm³/mol. The Balaban J connectivity index is 2.10. The van der Waals surface area contributed by atoms with Gasteiger partial charge >= 0.3 is 0 Å². The molecule has 1 N–H and O–H groups in total. The van der Waals surface area contributed by atoms with E-state index < -0.39 is 15.1 Å². The maximum atomic E-state index is 12.5. The largest absolute Gasteiger partial charge is 0.355 e. The lowest BCUT2D eigenvalue weighted by Crippen LogP contribution is -2.32. The molecule has 0 saturated heterocycles. The van der Waals surface area contributed by atoms with Crippen LogP contribution in [0.3, 0.4) is 0 Å². The summed E-state index contributed by atoms with van der Waals surface area (Å²) in [6, 6.07) is 18.0. The van der Waals surface area contributed by atoms with Gasteiger partial charge in [-0.2, -0.15) is 0 Å². The Labute approximate surface area is 156 Å². The molecule has 2 aromatic rings. The zero-order valence-corrected chi connectivity index (χ0v) is 16.4. The molecule has 0 saturated carbocycles. The number of hydrogen-bond donors (Lipinski definition) is 1. The average molecular weight is 374 g/mol. The molecule has 1 atom stereocenters. The van der Waals surface area contributed by atoms with Gasteiger partial charge in [-0.25, -0.2) is 8.42 Å². The first-order valence-electron chi connectivity index (χ1n) is 8.90. The summed E-state index contributed by atoms with van der Waals surface area (Å²) < 4.78 is 23.7.